The van der Waals surface area contributed by atoms with Crippen molar-refractivity contribution in [2.75, 3.05) is 0 Å². The topological polar surface area (TPSA) is 35.6 Å². The van der Waals surface area contributed by atoms with Gasteiger partial charge in [0.15, 0.2) is 5.82 Å². The monoisotopic (exact) mass is 790 g/mol. The number of nitrogens with zero attached hydrogens (tertiary/aromatic N) is 4. The van der Waals surface area contributed by atoms with Gasteiger partial charge in [-0.1, -0.05) is 182 Å². The van der Waals surface area contributed by atoms with Crippen LogP contribution in [-0.2, 0) is 0 Å². The van der Waals surface area contributed by atoms with Crippen molar-refractivity contribution >= 4 is 43.6 Å². The first-order valence-electron chi connectivity index (χ1n) is 21.1. The molecule has 0 fully saturated rings. The largest absolute Gasteiger partial charge is 0.309 e. The summed E-state index contributed by atoms with van der Waals surface area (Å²) < 4.78 is 4.83. The molecule has 3 aromatic heterocycles. The second-order valence-electron chi connectivity index (χ2n) is 15.8. The van der Waals surface area contributed by atoms with E-state index in [1.165, 1.54) is 54.7 Å². The number of para-hydroxylation sites is 4. The lowest BCUT2D eigenvalue weighted by atomic mass is 9.99. The SMILES string of the molecule is c1ccc(-c2ccc(-c3cc(-c4ccc(-c5cc(-n6c7ccccc7c7ccccc76)cc(-n6c7ccccc7c7ccccc76)c5)cc4)nc(-c4ccccc4)n3)cc2)cc1. The first-order chi connectivity index (χ1) is 30.7. The highest BCUT2D eigenvalue weighted by Crippen LogP contribution is 2.38. The first-order valence-corrected chi connectivity index (χ1v) is 21.1. The summed E-state index contributed by atoms with van der Waals surface area (Å²) in [4.78, 5) is 10.3. The van der Waals surface area contributed by atoms with Gasteiger partial charge in [-0.25, -0.2) is 9.97 Å². The van der Waals surface area contributed by atoms with Crippen LogP contribution in [0.2, 0.25) is 0 Å². The minimum absolute atomic E-state index is 0.698. The highest BCUT2D eigenvalue weighted by molar-refractivity contribution is 6.10. The molecule has 0 radical (unpaired) electrons. The number of aromatic nitrogens is 4. The maximum atomic E-state index is 5.16. The summed E-state index contributed by atoms with van der Waals surface area (Å²) in [6, 6.07) is 82.3. The predicted octanol–water partition coefficient (Wildman–Crippen LogP) is 15.0. The molecule has 9 aromatic carbocycles. The Hall–Kier alpha value is -8.34. The van der Waals surface area contributed by atoms with Gasteiger partial charge in [-0.3, -0.25) is 0 Å². The fourth-order valence-electron chi connectivity index (χ4n) is 9.18. The molecule has 0 unspecified atom stereocenters. The van der Waals surface area contributed by atoms with Gasteiger partial charge in [0.25, 0.3) is 0 Å². The van der Waals surface area contributed by atoms with Crippen LogP contribution in [0.25, 0.3) is 111 Å². The summed E-state index contributed by atoms with van der Waals surface area (Å²) in [5.41, 5.74) is 16.3. The van der Waals surface area contributed by atoms with Crippen LogP contribution in [0.5, 0.6) is 0 Å². The van der Waals surface area contributed by atoms with Crippen molar-refractivity contribution < 1.29 is 0 Å². The van der Waals surface area contributed by atoms with Crippen molar-refractivity contribution in [3.63, 3.8) is 0 Å². The zero-order chi connectivity index (χ0) is 41.0. The highest BCUT2D eigenvalue weighted by Gasteiger charge is 2.18. The van der Waals surface area contributed by atoms with Gasteiger partial charge in [0.05, 0.1) is 33.5 Å². The van der Waals surface area contributed by atoms with Crippen molar-refractivity contribution in [3.05, 3.63) is 231 Å². The van der Waals surface area contributed by atoms with Crippen molar-refractivity contribution in [3.8, 4) is 67.5 Å². The maximum Gasteiger partial charge on any atom is 0.160 e. The molecule has 12 rings (SSSR count). The summed E-state index contributed by atoms with van der Waals surface area (Å²) >= 11 is 0. The second-order valence-corrected chi connectivity index (χ2v) is 15.8. The van der Waals surface area contributed by atoms with Crippen LogP contribution >= 0.6 is 0 Å². The molecular formula is C58H38N4. The van der Waals surface area contributed by atoms with E-state index >= 15 is 0 Å². The lowest BCUT2D eigenvalue weighted by Crippen LogP contribution is -2.00. The number of rotatable bonds is 7. The van der Waals surface area contributed by atoms with Crippen LogP contribution in [0.3, 0.4) is 0 Å². The van der Waals surface area contributed by atoms with E-state index in [2.05, 4.69) is 215 Å². The smallest absolute Gasteiger partial charge is 0.160 e. The third-order valence-corrected chi connectivity index (χ3v) is 12.1. The molecule has 4 nitrogen and oxygen atoms in total. The Bertz CT molecular complexity index is 3360. The molecule has 0 saturated heterocycles. The fraction of sp³-hybridized carbons (Fsp3) is 0. The number of benzene rings is 9. The third kappa shape index (κ3) is 6.08. The summed E-state index contributed by atoms with van der Waals surface area (Å²) in [7, 11) is 0. The highest BCUT2D eigenvalue weighted by atomic mass is 15.0. The Morgan fingerprint density at radius 1 is 0.242 bits per heavy atom. The molecule has 0 aliphatic carbocycles. The number of hydrogen-bond donors (Lipinski definition) is 0. The van der Waals surface area contributed by atoms with Gasteiger partial charge >= 0.3 is 0 Å². The van der Waals surface area contributed by atoms with Crippen molar-refractivity contribution in [1.29, 1.82) is 0 Å². The van der Waals surface area contributed by atoms with E-state index in [0.29, 0.717) is 5.82 Å². The van der Waals surface area contributed by atoms with E-state index in [1.54, 1.807) is 0 Å². The third-order valence-electron chi connectivity index (χ3n) is 12.1. The van der Waals surface area contributed by atoms with Gasteiger partial charge in [-0.05, 0) is 70.8 Å². The Labute approximate surface area is 359 Å². The van der Waals surface area contributed by atoms with E-state index in [0.717, 1.165) is 50.6 Å². The second kappa shape index (κ2) is 14.7. The molecule has 3 heterocycles. The lowest BCUT2D eigenvalue weighted by molar-refractivity contribution is 1.13. The standard InChI is InChI=1S/C58H38N4/c1-3-15-39(16-4-1)40-27-31-42(32-28-40)52-38-53(60-58(59-52)44-17-5-2-6-18-44)43-33-29-41(30-34-43)45-35-46(61-54-23-11-7-19-48(54)49-20-8-12-24-55(49)61)37-47(36-45)62-56-25-13-9-21-50(56)51-22-10-14-26-57(51)62/h1-38H. The average Bonchev–Trinajstić information content (AvgIpc) is 3.88. The Morgan fingerprint density at radius 3 is 0.984 bits per heavy atom. The van der Waals surface area contributed by atoms with Crippen molar-refractivity contribution in [2.24, 2.45) is 0 Å². The molecule has 0 N–H and O–H groups in total. The molecule has 0 saturated carbocycles. The van der Waals surface area contributed by atoms with Crippen molar-refractivity contribution in [2.45, 2.75) is 0 Å². The maximum absolute atomic E-state index is 5.16. The molecule has 0 bridgehead atoms. The summed E-state index contributed by atoms with van der Waals surface area (Å²) in [5.74, 6) is 0.698. The fourth-order valence-corrected chi connectivity index (χ4v) is 9.18. The minimum atomic E-state index is 0.698. The first kappa shape index (κ1) is 35.6. The predicted molar refractivity (Wildman–Crippen MR) is 258 cm³/mol. The molecule has 0 atom stereocenters. The molecular weight excluding hydrogens is 753 g/mol. The molecule has 0 amide bonds. The van der Waals surface area contributed by atoms with Crippen LogP contribution in [0, 0.1) is 0 Å². The van der Waals surface area contributed by atoms with E-state index in [9.17, 15) is 0 Å². The van der Waals surface area contributed by atoms with E-state index in [1.807, 2.05) is 24.3 Å². The van der Waals surface area contributed by atoms with Crippen LogP contribution in [0.4, 0.5) is 0 Å². The van der Waals surface area contributed by atoms with Gasteiger partial charge in [0.1, 0.15) is 0 Å². The molecule has 62 heavy (non-hydrogen) atoms. The van der Waals surface area contributed by atoms with Crippen LogP contribution in [-0.4, -0.2) is 19.1 Å². The molecule has 4 heteroatoms. The lowest BCUT2D eigenvalue weighted by Gasteiger charge is -2.16. The summed E-state index contributed by atoms with van der Waals surface area (Å²) in [6.07, 6.45) is 0. The van der Waals surface area contributed by atoms with Crippen LogP contribution in [0.1, 0.15) is 0 Å². The average molecular weight is 791 g/mol. The molecule has 12 aromatic rings. The molecule has 0 aliphatic rings. The van der Waals surface area contributed by atoms with Crippen LogP contribution < -0.4 is 0 Å². The summed E-state index contributed by atoms with van der Waals surface area (Å²) in [5, 5.41) is 4.95. The van der Waals surface area contributed by atoms with Crippen molar-refractivity contribution in [1.82, 2.24) is 19.1 Å². The zero-order valence-corrected chi connectivity index (χ0v) is 33.7. The van der Waals surface area contributed by atoms with Crippen LogP contribution in [0.15, 0.2) is 231 Å². The number of fused-ring (bicyclic) bond motifs is 6. The number of hydrogen-bond acceptors (Lipinski definition) is 2. The Kier molecular flexibility index (Phi) is 8.46. The van der Waals surface area contributed by atoms with E-state index in [4.69, 9.17) is 9.97 Å². The zero-order valence-electron chi connectivity index (χ0n) is 33.7. The van der Waals surface area contributed by atoms with Gasteiger partial charge in [-0.15, -0.1) is 0 Å². The van der Waals surface area contributed by atoms with Gasteiger partial charge < -0.3 is 9.13 Å². The Morgan fingerprint density at radius 2 is 0.565 bits per heavy atom. The van der Waals surface area contributed by atoms with Gasteiger partial charge in [0, 0.05) is 49.6 Å². The Balaban J connectivity index is 1.01. The summed E-state index contributed by atoms with van der Waals surface area (Å²) in [6.45, 7) is 0. The van der Waals surface area contributed by atoms with E-state index in [-0.39, 0.29) is 0 Å². The molecule has 0 spiro atoms. The van der Waals surface area contributed by atoms with E-state index < -0.39 is 0 Å². The van der Waals surface area contributed by atoms with Gasteiger partial charge in [0.2, 0.25) is 0 Å². The quantitative estimate of drug-likeness (QED) is 0.161. The molecule has 290 valence electrons. The van der Waals surface area contributed by atoms with Gasteiger partial charge in [-0.2, -0.15) is 0 Å². The molecule has 0 aliphatic heterocycles. The minimum Gasteiger partial charge on any atom is -0.309 e. The normalized spacial score (nSPS) is 11.5.